The highest BCUT2D eigenvalue weighted by molar-refractivity contribution is 7.85. The summed E-state index contributed by atoms with van der Waals surface area (Å²) in [4.78, 5) is 15.5. The lowest BCUT2D eigenvalue weighted by atomic mass is 9.64. The van der Waals surface area contributed by atoms with Gasteiger partial charge < -0.3 is 10.3 Å². The van der Waals surface area contributed by atoms with Gasteiger partial charge in [-0.1, -0.05) is 78.4 Å². The Morgan fingerprint density at radius 3 is 1.90 bits per heavy atom. The molecule has 0 bridgehead atoms. The molecule has 3 aromatic carbocycles. The SMILES string of the molecule is CC1=[N+](C)CCN1[C@H]1CC[C@@H](C(C(N)=O)(c2ccccc2)c2ccccc2)C1.Cc1ccc(S(=O)(=O)[O-])cc1. The third kappa shape index (κ3) is 5.92. The summed E-state index contributed by atoms with van der Waals surface area (Å²) in [5.74, 6) is 1.29. The number of nitrogens with two attached hydrogens (primary N) is 1. The highest BCUT2D eigenvalue weighted by atomic mass is 32.2. The summed E-state index contributed by atoms with van der Waals surface area (Å²) in [5, 5.41) is 0. The molecule has 0 saturated heterocycles. The van der Waals surface area contributed by atoms with Gasteiger partial charge in [-0.15, -0.1) is 0 Å². The number of likely N-dealkylation sites (N-methyl/N-ethyl adjacent to an activating group) is 1. The molecule has 1 heterocycles. The van der Waals surface area contributed by atoms with Crippen LogP contribution in [0, 0.1) is 12.8 Å². The topological polar surface area (TPSA) is 107 Å². The lowest BCUT2D eigenvalue weighted by Crippen LogP contribution is -2.48. The molecule has 8 heteroatoms. The van der Waals surface area contributed by atoms with Crippen molar-refractivity contribution < 1.29 is 22.3 Å². The van der Waals surface area contributed by atoms with Gasteiger partial charge in [-0.3, -0.25) is 14.3 Å². The van der Waals surface area contributed by atoms with E-state index >= 15 is 0 Å². The zero-order valence-corrected chi connectivity index (χ0v) is 23.6. The second-order valence-electron chi connectivity index (χ2n) is 10.5. The van der Waals surface area contributed by atoms with Crippen molar-refractivity contribution in [2.24, 2.45) is 11.7 Å². The molecule has 206 valence electrons. The van der Waals surface area contributed by atoms with Crippen LogP contribution in [-0.4, -0.2) is 60.4 Å². The van der Waals surface area contributed by atoms with Crippen molar-refractivity contribution in [2.45, 2.75) is 49.5 Å². The van der Waals surface area contributed by atoms with E-state index in [1.165, 1.54) is 18.0 Å². The second-order valence-corrected chi connectivity index (χ2v) is 11.9. The third-order valence-corrected chi connectivity index (χ3v) is 9.11. The molecule has 1 aliphatic carbocycles. The number of aryl methyl sites for hydroxylation is 1. The largest absolute Gasteiger partial charge is 0.744 e. The molecule has 0 spiro atoms. The Morgan fingerprint density at radius 1 is 0.923 bits per heavy atom. The number of benzene rings is 3. The quantitative estimate of drug-likeness (QED) is 0.372. The van der Waals surface area contributed by atoms with Gasteiger partial charge in [0.05, 0.1) is 18.0 Å². The highest BCUT2D eigenvalue weighted by Gasteiger charge is 2.52. The number of amides is 1. The molecule has 3 aromatic rings. The minimum absolute atomic E-state index is 0.178. The summed E-state index contributed by atoms with van der Waals surface area (Å²) < 4.78 is 33.5. The molecule has 0 unspecified atom stereocenters. The number of carbonyl (C=O) groups is 1. The van der Waals surface area contributed by atoms with Crippen LogP contribution in [0.2, 0.25) is 0 Å². The van der Waals surface area contributed by atoms with Crippen LogP contribution in [0.15, 0.2) is 89.8 Å². The lowest BCUT2D eigenvalue weighted by Gasteiger charge is -2.37. The molecule has 2 atom stereocenters. The van der Waals surface area contributed by atoms with Crippen LogP contribution in [0.5, 0.6) is 0 Å². The maximum Gasteiger partial charge on any atom is 0.243 e. The monoisotopic (exact) mass is 547 g/mol. The number of rotatable bonds is 6. The van der Waals surface area contributed by atoms with Crippen molar-refractivity contribution in [3.8, 4) is 0 Å². The van der Waals surface area contributed by atoms with Crippen molar-refractivity contribution in [3.63, 3.8) is 0 Å². The fraction of sp³-hybridized carbons (Fsp3) is 0.355. The Bertz CT molecular complexity index is 1380. The molecule has 39 heavy (non-hydrogen) atoms. The van der Waals surface area contributed by atoms with Crippen LogP contribution in [-0.2, 0) is 20.3 Å². The van der Waals surface area contributed by atoms with Crippen LogP contribution in [0.1, 0.15) is 42.9 Å². The van der Waals surface area contributed by atoms with Gasteiger partial charge in [-0.25, -0.2) is 8.42 Å². The van der Waals surface area contributed by atoms with E-state index < -0.39 is 15.5 Å². The first kappa shape index (κ1) is 28.5. The minimum Gasteiger partial charge on any atom is -0.744 e. The molecule has 1 amide bonds. The van der Waals surface area contributed by atoms with Gasteiger partial charge in [0.2, 0.25) is 11.7 Å². The zero-order valence-electron chi connectivity index (χ0n) is 22.8. The van der Waals surface area contributed by atoms with Crippen LogP contribution in [0.3, 0.4) is 0 Å². The molecule has 1 fully saturated rings. The summed E-state index contributed by atoms with van der Waals surface area (Å²) in [6, 6.07) is 26.5. The Labute approximate surface area is 231 Å². The van der Waals surface area contributed by atoms with Crippen molar-refractivity contribution in [3.05, 3.63) is 102 Å². The molecule has 2 aliphatic rings. The Hall–Kier alpha value is -3.49. The number of hydrogen-bond acceptors (Lipinski definition) is 5. The van der Waals surface area contributed by atoms with Crippen molar-refractivity contribution in [2.75, 3.05) is 20.1 Å². The van der Waals surface area contributed by atoms with Crippen LogP contribution < -0.4 is 5.73 Å². The smallest absolute Gasteiger partial charge is 0.243 e. The fourth-order valence-electron chi connectivity index (χ4n) is 6.11. The van der Waals surface area contributed by atoms with E-state index in [4.69, 9.17) is 5.73 Å². The summed E-state index contributed by atoms with van der Waals surface area (Å²) in [7, 11) is -2.11. The van der Waals surface area contributed by atoms with Crippen LogP contribution in [0.25, 0.3) is 0 Å². The van der Waals surface area contributed by atoms with Gasteiger partial charge >= 0.3 is 0 Å². The molecular formula is C31H37N3O4S. The number of carbonyl (C=O) groups excluding carboxylic acids is 1. The fourth-order valence-corrected chi connectivity index (χ4v) is 6.58. The second kappa shape index (κ2) is 11.7. The van der Waals surface area contributed by atoms with E-state index in [1.807, 2.05) is 43.3 Å². The van der Waals surface area contributed by atoms with E-state index in [1.54, 1.807) is 12.1 Å². The standard InChI is InChI=1S/C24H29N3O.C7H8O3S/c1-18-26(2)15-16-27(18)22-14-13-21(17-22)24(23(25)28,19-9-5-3-6-10-19)20-11-7-4-8-12-20;1-6-2-4-7(5-3-6)11(8,9)10/h3-12,21-22H,13-17H2,1-2H3,(H-,25,28);2-5H,1H3,(H,8,9,10)/t21-,22+;/m1./s1. The van der Waals surface area contributed by atoms with Gasteiger partial charge in [0.25, 0.3) is 0 Å². The number of primary amides is 1. The maximum absolute atomic E-state index is 13.1. The zero-order chi connectivity index (χ0) is 28.2. The number of hydrogen-bond donors (Lipinski definition) is 1. The first-order chi connectivity index (χ1) is 18.5. The first-order valence-corrected chi connectivity index (χ1v) is 14.7. The Morgan fingerprint density at radius 2 is 1.46 bits per heavy atom. The summed E-state index contributed by atoms with van der Waals surface area (Å²) in [5.41, 5.74) is 8.37. The van der Waals surface area contributed by atoms with Crippen LogP contribution in [0.4, 0.5) is 0 Å². The first-order valence-electron chi connectivity index (χ1n) is 13.3. The Balaban J connectivity index is 0.000000270. The summed E-state index contributed by atoms with van der Waals surface area (Å²) in [6.45, 7) is 6.17. The van der Waals surface area contributed by atoms with Crippen molar-refractivity contribution in [1.82, 2.24) is 4.90 Å². The van der Waals surface area contributed by atoms with Gasteiger partial charge in [-0.2, -0.15) is 0 Å². The van der Waals surface area contributed by atoms with Gasteiger partial charge in [0.1, 0.15) is 28.6 Å². The van der Waals surface area contributed by atoms with Crippen molar-refractivity contribution >= 4 is 21.9 Å². The molecule has 1 saturated carbocycles. The average molecular weight is 548 g/mol. The summed E-state index contributed by atoms with van der Waals surface area (Å²) in [6.07, 6.45) is 3.09. The normalized spacial score (nSPS) is 19.5. The van der Waals surface area contributed by atoms with Gasteiger partial charge in [0, 0.05) is 6.92 Å². The molecule has 7 nitrogen and oxygen atoms in total. The molecule has 1 aliphatic heterocycles. The maximum atomic E-state index is 13.1. The molecule has 2 N–H and O–H groups in total. The lowest BCUT2D eigenvalue weighted by molar-refractivity contribution is -0.487. The molecule has 5 rings (SSSR count). The average Bonchev–Trinajstić information content (AvgIpc) is 3.52. The molecule has 0 radical (unpaired) electrons. The van der Waals surface area contributed by atoms with Crippen molar-refractivity contribution in [1.29, 1.82) is 0 Å². The summed E-state index contributed by atoms with van der Waals surface area (Å²) >= 11 is 0. The predicted octanol–water partition coefficient (Wildman–Crippen LogP) is 3.90. The van der Waals surface area contributed by atoms with E-state index in [2.05, 4.69) is 47.7 Å². The van der Waals surface area contributed by atoms with E-state index in [9.17, 15) is 17.8 Å². The van der Waals surface area contributed by atoms with Crippen LogP contribution >= 0.6 is 0 Å². The van der Waals surface area contributed by atoms with E-state index in [0.717, 1.165) is 49.0 Å². The Kier molecular flexibility index (Phi) is 8.57. The minimum atomic E-state index is -4.27. The predicted molar refractivity (Wildman–Crippen MR) is 152 cm³/mol. The molecule has 0 aromatic heterocycles. The van der Waals surface area contributed by atoms with Gasteiger partial charge in [0.15, 0.2) is 0 Å². The van der Waals surface area contributed by atoms with E-state index in [0.29, 0.717) is 6.04 Å². The highest BCUT2D eigenvalue weighted by Crippen LogP contribution is 2.48. The van der Waals surface area contributed by atoms with E-state index in [-0.39, 0.29) is 16.7 Å². The third-order valence-electron chi connectivity index (χ3n) is 8.26. The molecular weight excluding hydrogens is 510 g/mol. The number of nitrogens with zero attached hydrogens (tertiary/aromatic N) is 2. The number of amidine groups is 1. The van der Waals surface area contributed by atoms with Gasteiger partial charge in [-0.05, 0) is 55.4 Å².